The molecule has 0 N–H and O–H groups in total. The Morgan fingerprint density at radius 1 is 1.41 bits per heavy atom. The van der Waals surface area contributed by atoms with Crippen LogP contribution in [0.1, 0.15) is 27.6 Å². The van der Waals surface area contributed by atoms with Crippen LogP contribution < -0.4 is 0 Å². The second-order valence-electron chi connectivity index (χ2n) is 4.96. The molecular formula is C16H13ClN2O3. The number of hydrogen-bond acceptors (Lipinski definition) is 4. The molecule has 112 valence electrons. The van der Waals surface area contributed by atoms with Crippen molar-refractivity contribution >= 4 is 17.5 Å². The lowest BCUT2D eigenvalue weighted by Gasteiger charge is -2.33. The van der Waals surface area contributed by atoms with Gasteiger partial charge in [0.2, 0.25) is 5.22 Å². The van der Waals surface area contributed by atoms with Crippen molar-refractivity contribution in [3.8, 4) is 6.07 Å². The Labute approximate surface area is 132 Å². The zero-order chi connectivity index (χ0) is 15.5. The number of rotatable bonds is 2. The van der Waals surface area contributed by atoms with Gasteiger partial charge in [-0.15, -0.1) is 0 Å². The van der Waals surface area contributed by atoms with E-state index in [9.17, 15) is 4.79 Å². The third-order valence-electron chi connectivity index (χ3n) is 3.59. The smallest absolute Gasteiger partial charge is 0.258 e. The van der Waals surface area contributed by atoms with Gasteiger partial charge < -0.3 is 14.1 Å². The molecule has 6 heteroatoms. The highest BCUT2D eigenvalue weighted by Gasteiger charge is 2.28. The van der Waals surface area contributed by atoms with Crippen LogP contribution in [0.2, 0.25) is 5.22 Å². The maximum atomic E-state index is 12.5. The molecule has 0 aliphatic carbocycles. The first kappa shape index (κ1) is 14.6. The molecule has 2 aromatic rings. The van der Waals surface area contributed by atoms with Crippen LogP contribution in [0.15, 0.2) is 41.0 Å². The van der Waals surface area contributed by atoms with Crippen LogP contribution in [0.5, 0.6) is 0 Å². The Morgan fingerprint density at radius 2 is 2.27 bits per heavy atom. The molecule has 3 rings (SSSR count). The number of halogens is 1. The fraction of sp³-hybridized carbons (Fsp3) is 0.250. The molecule has 0 radical (unpaired) electrons. The van der Waals surface area contributed by atoms with Gasteiger partial charge in [-0.2, -0.15) is 5.26 Å². The van der Waals surface area contributed by atoms with Crippen LogP contribution in [-0.4, -0.2) is 30.5 Å². The Hall–Kier alpha value is -2.29. The van der Waals surface area contributed by atoms with E-state index in [-0.39, 0.29) is 17.2 Å². The molecule has 0 saturated carbocycles. The van der Waals surface area contributed by atoms with Gasteiger partial charge in [-0.1, -0.05) is 12.1 Å². The van der Waals surface area contributed by atoms with Crippen molar-refractivity contribution in [2.24, 2.45) is 0 Å². The average Bonchev–Trinajstić information content (AvgIpc) is 3.00. The van der Waals surface area contributed by atoms with Crippen molar-refractivity contribution in [3.05, 3.63) is 58.5 Å². The lowest BCUT2D eigenvalue weighted by Crippen LogP contribution is -2.42. The van der Waals surface area contributed by atoms with Crippen molar-refractivity contribution in [2.45, 2.75) is 6.10 Å². The van der Waals surface area contributed by atoms with Crippen molar-refractivity contribution < 1.29 is 13.9 Å². The number of amides is 1. The van der Waals surface area contributed by atoms with Crippen molar-refractivity contribution in [2.75, 3.05) is 19.7 Å². The number of carbonyl (C=O) groups excluding carboxylic acids is 1. The molecule has 5 nitrogen and oxygen atoms in total. The second kappa shape index (κ2) is 6.22. The van der Waals surface area contributed by atoms with Crippen molar-refractivity contribution in [1.29, 1.82) is 5.26 Å². The number of nitriles is 1. The van der Waals surface area contributed by atoms with Gasteiger partial charge in [0.05, 0.1) is 36.6 Å². The highest BCUT2D eigenvalue weighted by molar-refractivity contribution is 6.32. The largest absolute Gasteiger partial charge is 0.452 e. The lowest BCUT2D eigenvalue weighted by atomic mass is 10.0. The number of furan rings is 1. The predicted molar refractivity (Wildman–Crippen MR) is 79.5 cm³/mol. The highest BCUT2D eigenvalue weighted by atomic mass is 35.5. The Bertz CT molecular complexity index is 735. The summed E-state index contributed by atoms with van der Waals surface area (Å²) in [7, 11) is 0. The molecule has 1 fully saturated rings. The molecule has 1 aliphatic heterocycles. The fourth-order valence-electron chi connectivity index (χ4n) is 2.46. The number of morpholine rings is 1. The Balaban J connectivity index is 1.78. The molecule has 1 aliphatic rings. The van der Waals surface area contributed by atoms with Crippen molar-refractivity contribution in [3.63, 3.8) is 0 Å². The number of nitrogens with zero attached hydrogens (tertiary/aromatic N) is 2. The van der Waals surface area contributed by atoms with Gasteiger partial charge in [0.1, 0.15) is 6.10 Å². The summed E-state index contributed by atoms with van der Waals surface area (Å²) in [6.45, 7) is 1.34. The molecule has 22 heavy (non-hydrogen) atoms. The van der Waals surface area contributed by atoms with Crippen LogP contribution in [0.4, 0.5) is 0 Å². The summed E-state index contributed by atoms with van der Waals surface area (Å²) in [6, 6.07) is 10.9. The van der Waals surface area contributed by atoms with Crippen LogP contribution in [0.25, 0.3) is 0 Å². The van der Waals surface area contributed by atoms with Gasteiger partial charge in [0.15, 0.2) is 0 Å². The zero-order valence-corrected chi connectivity index (χ0v) is 12.4. The van der Waals surface area contributed by atoms with E-state index < -0.39 is 0 Å². The minimum absolute atomic E-state index is 0.0968. The van der Waals surface area contributed by atoms with Gasteiger partial charge in [-0.05, 0) is 35.4 Å². The van der Waals surface area contributed by atoms with Gasteiger partial charge >= 0.3 is 0 Å². The van der Waals surface area contributed by atoms with E-state index in [2.05, 4.69) is 6.07 Å². The summed E-state index contributed by atoms with van der Waals surface area (Å²) in [5, 5.41) is 9.07. The molecule has 1 atom stereocenters. The molecule has 2 heterocycles. The maximum Gasteiger partial charge on any atom is 0.258 e. The first-order chi connectivity index (χ1) is 10.7. The first-order valence-corrected chi connectivity index (χ1v) is 7.21. The van der Waals surface area contributed by atoms with Crippen LogP contribution in [-0.2, 0) is 4.74 Å². The molecule has 1 saturated heterocycles. The normalized spacial score (nSPS) is 18.0. The molecule has 1 aromatic carbocycles. The van der Waals surface area contributed by atoms with E-state index in [1.54, 1.807) is 23.1 Å². The molecule has 0 spiro atoms. The van der Waals surface area contributed by atoms with E-state index in [0.29, 0.717) is 30.8 Å². The monoisotopic (exact) mass is 316 g/mol. The van der Waals surface area contributed by atoms with Crippen LogP contribution >= 0.6 is 11.6 Å². The highest BCUT2D eigenvalue weighted by Crippen LogP contribution is 2.26. The van der Waals surface area contributed by atoms with Crippen LogP contribution in [0, 0.1) is 11.3 Å². The molecule has 1 amide bonds. The summed E-state index contributed by atoms with van der Waals surface area (Å²) >= 11 is 5.87. The third kappa shape index (κ3) is 2.84. The summed E-state index contributed by atoms with van der Waals surface area (Å²) < 4.78 is 10.7. The van der Waals surface area contributed by atoms with Crippen LogP contribution in [0.3, 0.4) is 0 Å². The zero-order valence-electron chi connectivity index (χ0n) is 11.7. The van der Waals surface area contributed by atoms with E-state index >= 15 is 0 Å². The molecular weight excluding hydrogens is 304 g/mol. The Morgan fingerprint density at radius 3 is 3.00 bits per heavy atom. The first-order valence-electron chi connectivity index (χ1n) is 6.83. The number of carbonyl (C=O) groups is 1. The summed E-state index contributed by atoms with van der Waals surface area (Å²) in [6.07, 6.45) is 1.14. The van der Waals surface area contributed by atoms with Crippen molar-refractivity contribution in [1.82, 2.24) is 4.90 Å². The topological polar surface area (TPSA) is 66.5 Å². The quantitative estimate of drug-likeness (QED) is 0.854. The third-order valence-corrected chi connectivity index (χ3v) is 3.88. The minimum Gasteiger partial charge on any atom is -0.452 e. The standard InChI is InChI=1S/C16H13ClN2O3/c17-15-13(4-6-22-15)16(20)19-5-7-21-14(10-19)12-3-1-2-11(8-12)9-18/h1-4,6,8,14H,5,7,10H2. The fourth-order valence-corrected chi connectivity index (χ4v) is 2.66. The Kier molecular flexibility index (Phi) is 4.14. The molecule has 0 bridgehead atoms. The van der Waals surface area contributed by atoms with E-state index in [1.807, 2.05) is 12.1 Å². The molecule has 1 unspecified atom stereocenters. The maximum absolute atomic E-state index is 12.5. The van der Waals surface area contributed by atoms with Gasteiger partial charge in [0, 0.05) is 6.54 Å². The van der Waals surface area contributed by atoms with E-state index in [4.69, 9.17) is 26.0 Å². The van der Waals surface area contributed by atoms with E-state index in [1.165, 1.54) is 6.26 Å². The SMILES string of the molecule is N#Cc1cccc(C2CN(C(=O)c3ccoc3Cl)CCO2)c1. The van der Waals surface area contributed by atoms with Gasteiger partial charge in [0.25, 0.3) is 5.91 Å². The van der Waals surface area contributed by atoms with E-state index in [0.717, 1.165) is 5.56 Å². The van der Waals surface area contributed by atoms with Gasteiger partial charge in [-0.25, -0.2) is 0 Å². The predicted octanol–water partition coefficient (Wildman–Crippen LogP) is 3.02. The number of benzene rings is 1. The second-order valence-corrected chi connectivity index (χ2v) is 5.30. The average molecular weight is 317 g/mol. The number of ether oxygens (including phenoxy) is 1. The summed E-state index contributed by atoms with van der Waals surface area (Å²) in [4.78, 5) is 14.1. The minimum atomic E-state index is -0.253. The summed E-state index contributed by atoms with van der Waals surface area (Å²) in [5.74, 6) is -0.177. The summed E-state index contributed by atoms with van der Waals surface area (Å²) in [5.41, 5.74) is 1.81. The van der Waals surface area contributed by atoms with Gasteiger partial charge in [-0.3, -0.25) is 4.79 Å². The number of hydrogen-bond donors (Lipinski definition) is 0. The molecule has 1 aromatic heterocycles. The lowest BCUT2D eigenvalue weighted by molar-refractivity contribution is -0.0228.